The first-order valence-electron chi connectivity index (χ1n) is 9.96. The van der Waals surface area contributed by atoms with E-state index in [4.69, 9.17) is 11.6 Å². The minimum atomic E-state index is -0.144. The van der Waals surface area contributed by atoms with E-state index in [1.807, 2.05) is 41.3 Å². The molecule has 3 aromatic carbocycles. The number of hydrogen-bond acceptors (Lipinski definition) is 3. The van der Waals surface area contributed by atoms with E-state index in [1.54, 1.807) is 36.4 Å². The third-order valence-electron chi connectivity index (χ3n) is 5.25. The van der Waals surface area contributed by atoms with Crippen LogP contribution >= 0.6 is 27.5 Å². The van der Waals surface area contributed by atoms with Crippen molar-refractivity contribution >= 4 is 50.7 Å². The number of halogens is 2. The molecule has 7 heteroatoms. The van der Waals surface area contributed by atoms with Crippen LogP contribution in [0.3, 0.4) is 0 Å². The Hall–Kier alpha value is -2.83. The average Bonchev–Trinajstić information content (AvgIpc) is 2.80. The van der Waals surface area contributed by atoms with Gasteiger partial charge in [-0.1, -0.05) is 27.5 Å². The first-order chi connectivity index (χ1) is 15.0. The molecule has 0 radical (unpaired) electrons. The molecule has 2 amide bonds. The number of amides is 2. The van der Waals surface area contributed by atoms with Crippen LogP contribution in [-0.4, -0.2) is 42.9 Å². The Balaban J connectivity index is 1.33. The quantitative estimate of drug-likeness (QED) is 0.530. The number of rotatable bonds is 4. The van der Waals surface area contributed by atoms with E-state index < -0.39 is 0 Å². The van der Waals surface area contributed by atoms with Gasteiger partial charge in [0.1, 0.15) is 0 Å². The molecule has 0 unspecified atom stereocenters. The SMILES string of the molecule is O=C(Nc1ccc(N2CCN(C(=O)c3ccc(Cl)cc3)CC2)cc1)c1ccc(Br)cc1. The number of nitrogens with zero attached hydrogens (tertiary/aromatic N) is 2. The predicted molar refractivity (Wildman–Crippen MR) is 128 cm³/mol. The topological polar surface area (TPSA) is 52.7 Å². The molecule has 31 heavy (non-hydrogen) atoms. The second-order valence-electron chi connectivity index (χ2n) is 7.29. The van der Waals surface area contributed by atoms with E-state index in [0.717, 1.165) is 28.9 Å². The Kier molecular flexibility index (Phi) is 6.59. The van der Waals surface area contributed by atoms with Crippen molar-refractivity contribution in [2.75, 3.05) is 36.4 Å². The fourth-order valence-corrected chi connectivity index (χ4v) is 3.89. The van der Waals surface area contributed by atoms with Gasteiger partial charge in [-0.15, -0.1) is 0 Å². The molecule has 3 aromatic rings. The zero-order chi connectivity index (χ0) is 21.8. The standard InChI is InChI=1S/C24H21BrClN3O2/c25-19-5-1-17(2-6-19)23(30)27-21-9-11-22(12-10-21)28-13-15-29(16-14-28)24(31)18-3-7-20(26)8-4-18/h1-12H,13-16H2,(H,27,30). The van der Waals surface area contributed by atoms with Crippen molar-refractivity contribution in [3.05, 3.63) is 93.4 Å². The highest BCUT2D eigenvalue weighted by Gasteiger charge is 2.22. The van der Waals surface area contributed by atoms with Crippen LogP contribution < -0.4 is 10.2 Å². The summed E-state index contributed by atoms with van der Waals surface area (Å²) in [7, 11) is 0. The first kappa shape index (κ1) is 21.4. The summed E-state index contributed by atoms with van der Waals surface area (Å²) in [6, 6.07) is 22.0. The summed E-state index contributed by atoms with van der Waals surface area (Å²) in [4.78, 5) is 29.1. The molecule has 0 saturated carbocycles. The van der Waals surface area contributed by atoms with Crippen LogP contribution in [0.4, 0.5) is 11.4 Å². The summed E-state index contributed by atoms with van der Waals surface area (Å²) < 4.78 is 0.934. The molecule has 0 atom stereocenters. The first-order valence-corrected chi connectivity index (χ1v) is 11.1. The van der Waals surface area contributed by atoms with E-state index in [-0.39, 0.29) is 11.8 Å². The highest BCUT2D eigenvalue weighted by molar-refractivity contribution is 9.10. The van der Waals surface area contributed by atoms with Crippen LogP contribution in [0.5, 0.6) is 0 Å². The number of carbonyl (C=O) groups is 2. The van der Waals surface area contributed by atoms with Gasteiger partial charge in [0.2, 0.25) is 0 Å². The molecule has 1 fully saturated rings. The smallest absolute Gasteiger partial charge is 0.255 e. The number of hydrogen-bond donors (Lipinski definition) is 1. The highest BCUT2D eigenvalue weighted by Crippen LogP contribution is 2.21. The van der Waals surface area contributed by atoms with Crippen molar-refractivity contribution in [3.63, 3.8) is 0 Å². The molecule has 1 N–H and O–H groups in total. The number of anilines is 2. The van der Waals surface area contributed by atoms with Gasteiger partial charge in [0, 0.05) is 58.2 Å². The van der Waals surface area contributed by atoms with Crippen LogP contribution in [0.15, 0.2) is 77.3 Å². The number of carbonyl (C=O) groups excluding carboxylic acids is 2. The number of benzene rings is 3. The molecule has 0 bridgehead atoms. The van der Waals surface area contributed by atoms with Gasteiger partial charge in [-0.3, -0.25) is 9.59 Å². The van der Waals surface area contributed by atoms with Crippen molar-refractivity contribution in [2.24, 2.45) is 0 Å². The maximum Gasteiger partial charge on any atom is 0.255 e. The molecule has 1 aliphatic rings. The van der Waals surface area contributed by atoms with Crippen molar-refractivity contribution in [3.8, 4) is 0 Å². The lowest BCUT2D eigenvalue weighted by Crippen LogP contribution is -2.48. The van der Waals surface area contributed by atoms with E-state index in [1.165, 1.54) is 0 Å². The fraction of sp³-hybridized carbons (Fsp3) is 0.167. The second kappa shape index (κ2) is 9.54. The van der Waals surface area contributed by atoms with Crippen LogP contribution in [0.25, 0.3) is 0 Å². The van der Waals surface area contributed by atoms with Gasteiger partial charge in [-0.25, -0.2) is 0 Å². The molecular formula is C24H21BrClN3O2. The second-order valence-corrected chi connectivity index (χ2v) is 8.65. The average molecular weight is 499 g/mol. The largest absolute Gasteiger partial charge is 0.368 e. The van der Waals surface area contributed by atoms with E-state index >= 15 is 0 Å². The molecule has 4 rings (SSSR count). The van der Waals surface area contributed by atoms with Crippen LogP contribution in [-0.2, 0) is 0 Å². The lowest BCUT2D eigenvalue weighted by Gasteiger charge is -2.36. The van der Waals surface area contributed by atoms with Gasteiger partial charge in [0.05, 0.1) is 0 Å². The Morgan fingerprint density at radius 2 is 1.35 bits per heavy atom. The van der Waals surface area contributed by atoms with Gasteiger partial charge in [0.15, 0.2) is 0 Å². The molecule has 0 aliphatic carbocycles. The van der Waals surface area contributed by atoms with E-state index in [2.05, 4.69) is 26.1 Å². The van der Waals surface area contributed by atoms with Crippen molar-refractivity contribution in [2.45, 2.75) is 0 Å². The predicted octanol–water partition coefficient (Wildman–Crippen LogP) is 5.32. The summed E-state index contributed by atoms with van der Waals surface area (Å²) in [6.45, 7) is 2.82. The minimum absolute atomic E-state index is 0.0299. The zero-order valence-electron chi connectivity index (χ0n) is 16.7. The van der Waals surface area contributed by atoms with Crippen molar-refractivity contribution in [1.29, 1.82) is 0 Å². The van der Waals surface area contributed by atoms with Crippen LogP contribution in [0.2, 0.25) is 5.02 Å². The molecule has 1 saturated heterocycles. The molecule has 0 spiro atoms. The third kappa shape index (κ3) is 5.27. The Morgan fingerprint density at radius 3 is 1.97 bits per heavy atom. The summed E-state index contributed by atoms with van der Waals surface area (Å²) in [5, 5.41) is 3.54. The third-order valence-corrected chi connectivity index (χ3v) is 6.04. The van der Waals surface area contributed by atoms with Crippen LogP contribution in [0, 0.1) is 0 Å². The molecular weight excluding hydrogens is 478 g/mol. The summed E-state index contributed by atoms with van der Waals surface area (Å²) >= 11 is 9.28. The van der Waals surface area contributed by atoms with Gasteiger partial charge in [-0.05, 0) is 72.8 Å². The zero-order valence-corrected chi connectivity index (χ0v) is 19.1. The molecule has 1 aliphatic heterocycles. The van der Waals surface area contributed by atoms with Gasteiger partial charge in [0.25, 0.3) is 11.8 Å². The lowest BCUT2D eigenvalue weighted by molar-refractivity contribution is 0.0746. The monoisotopic (exact) mass is 497 g/mol. The number of piperazine rings is 1. The fourth-order valence-electron chi connectivity index (χ4n) is 3.50. The normalized spacial score (nSPS) is 13.7. The molecule has 0 aromatic heterocycles. The lowest BCUT2D eigenvalue weighted by atomic mass is 10.1. The summed E-state index contributed by atoms with van der Waals surface area (Å²) in [5.74, 6) is -0.114. The minimum Gasteiger partial charge on any atom is -0.368 e. The molecule has 5 nitrogen and oxygen atoms in total. The summed E-state index contributed by atoms with van der Waals surface area (Å²) in [5.41, 5.74) is 3.07. The van der Waals surface area contributed by atoms with Crippen molar-refractivity contribution < 1.29 is 9.59 Å². The Labute approximate surface area is 194 Å². The van der Waals surface area contributed by atoms with Gasteiger partial charge >= 0.3 is 0 Å². The molecule has 1 heterocycles. The maximum atomic E-state index is 12.7. The summed E-state index contributed by atoms with van der Waals surface area (Å²) in [6.07, 6.45) is 0. The Morgan fingerprint density at radius 1 is 0.774 bits per heavy atom. The van der Waals surface area contributed by atoms with Gasteiger partial charge in [-0.2, -0.15) is 0 Å². The van der Waals surface area contributed by atoms with E-state index in [0.29, 0.717) is 29.2 Å². The van der Waals surface area contributed by atoms with Crippen LogP contribution in [0.1, 0.15) is 20.7 Å². The molecule has 158 valence electrons. The van der Waals surface area contributed by atoms with Gasteiger partial charge < -0.3 is 15.1 Å². The maximum absolute atomic E-state index is 12.7. The Bertz CT molecular complexity index is 1060. The van der Waals surface area contributed by atoms with Crippen molar-refractivity contribution in [1.82, 2.24) is 4.90 Å². The number of nitrogens with one attached hydrogen (secondary N) is 1. The highest BCUT2D eigenvalue weighted by atomic mass is 79.9. The van der Waals surface area contributed by atoms with E-state index in [9.17, 15) is 9.59 Å².